The summed E-state index contributed by atoms with van der Waals surface area (Å²) in [5, 5.41) is 20.8. The summed E-state index contributed by atoms with van der Waals surface area (Å²) in [6.07, 6.45) is 2.57. The zero-order valence-corrected chi connectivity index (χ0v) is 11.2. The van der Waals surface area contributed by atoms with Gasteiger partial charge in [-0.3, -0.25) is 9.78 Å². The molecule has 2 N–H and O–H groups in total. The van der Waals surface area contributed by atoms with Crippen molar-refractivity contribution in [2.45, 2.75) is 0 Å². The van der Waals surface area contributed by atoms with Gasteiger partial charge < -0.3 is 10.4 Å². The van der Waals surface area contributed by atoms with Crippen LogP contribution in [0.2, 0.25) is 0 Å². The summed E-state index contributed by atoms with van der Waals surface area (Å²) >= 11 is 3.27. The number of carbonyl (C=O) groups is 1. The van der Waals surface area contributed by atoms with Crippen molar-refractivity contribution in [3.05, 3.63) is 52.3 Å². The largest absolute Gasteiger partial charge is 0.506 e. The van der Waals surface area contributed by atoms with E-state index in [0.717, 1.165) is 4.47 Å². The normalized spacial score (nSPS) is 9.68. The zero-order valence-electron chi connectivity index (χ0n) is 9.59. The van der Waals surface area contributed by atoms with E-state index in [1.54, 1.807) is 18.2 Å². The number of hydrogen-bond acceptors (Lipinski definition) is 4. The van der Waals surface area contributed by atoms with Crippen LogP contribution in [0, 0.1) is 11.3 Å². The summed E-state index contributed by atoms with van der Waals surface area (Å²) in [4.78, 5) is 15.7. The number of rotatable bonds is 2. The molecule has 0 spiro atoms. The number of halogens is 1. The molecule has 0 radical (unpaired) electrons. The molecule has 0 atom stereocenters. The third kappa shape index (κ3) is 3.09. The number of benzene rings is 1. The van der Waals surface area contributed by atoms with E-state index in [9.17, 15) is 9.90 Å². The summed E-state index contributed by atoms with van der Waals surface area (Å²) in [7, 11) is 0. The highest BCUT2D eigenvalue weighted by Gasteiger charge is 2.10. The van der Waals surface area contributed by atoms with Crippen LogP contribution in [-0.4, -0.2) is 16.0 Å². The van der Waals surface area contributed by atoms with Crippen molar-refractivity contribution in [3.8, 4) is 11.8 Å². The molecule has 0 aliphatic heterocycles. The number of aromatic hydroxyl groups is 1. The van der Waals surface area contributed by atoms with Gasteiger partial charge in [-0.2, -0.15) is 5.26 Å². The second-order valence-electron chi connectivity index (χ2n) is 3.69. The number of aromatic nitrogens is 1. The van der Waals surface area contributed by atoms with Gasteiger partial charge in [0.15, 0.2) is 0 Å². The van der Waals surface area contributed by atoms with Gasteiger partial charge in [0.2, 0.25) is 0 Å². The van der Waals surface area contributed by atoms with Gasteiger partial charge in [-0.15, -0.1) is 0 Å². The topological polar surface area (TPSA) is 86.0 Å². The molecule has 1 amide bonds. The number of nitrogens with one attached hydrogen (secondary N) is 1. The number of hydrogen-bond donors (Lipinski definition) is 2. The first-order chi connectivity index (χ1) is 9.10. The lowest BCUT2D eigenvalue weighted by Crippen LogP contribution is -2.13. The van der Waals surface area contributed by atoms with E-state index in [-0.39, 0.29) is 11.3 Å². The standard InChI is InChI=1S/C13H8BrN3O2/c14-10-2-1-8(5-15)12(4-10)17-13(19)9-3-11(18)7-16-6-9/h1-4,6-7,18H,(H,17,19). The maximum absolute atomic E-state index is 12.0. The molecule has 19 heavy (non-hydrogen) atoms. The molecule has 0 bridgehead atoms. The van der Waals surface area contributed by atoms with Gasteiger partial charge in [0.25, 0.3) is 5.91 Å². The van der Waals surface area contributed by atoms with Gasteiger partial charge in [0.05, 0.1) is 23.0 Å². The molecule has 1 heterocycles. The van der Waals surface area contributed by atoms with Gasteiger partial charge in [0.1, 0.15) is 11.8 Å². The highest BCUT2D eigenvalue weighted by atomic mass is 79.9. The van der Waals surface area contributed by atoms with Gasteiger partial charge >= 0.3 is 0 Å². The van der Waals surface area contributed by atoms with E-state index in [1.165, 1.54) is 18.5 Å². The van der Waals surface area contributed by atoms with Crippen molar-refractivity contribution in [1.29, 1.82) is 5.26 Å². The van der Waals surface area contributed by atoms with Crippen molar-refractivity contribution in [3.63, 3.8) is 0 Å². The third-order valence-corrected chi connectivity index (χ3v) is 2.83. The molecule has 0 saturated carbocycles. The first-order valence-corrected chi connectivity index (χ1v) is 6.04. The van der Waals surface area contributed by atoms with Gasteiger partial charge in [-0.25, -0.2) is 0 Å². The third-order valence-electron chi connectivity index (χ3n) is 2.34. The lowest BCUT2D eigenvalue weighted by atomic mass is 10.2. The van der Waals surface area contributed by atoms with Crippen LogP contribution in [0.5, 0.6) is 5.75 Å². The second-order valence-corrected chi connectivity index (χ2v) is 4.60. The van der Waals surface area contributed by atoms with Gasteiger partial charge in [-0.1, -0.05) is 15.9 Å². The van der Waals surface area contributed by atoms with E-state index >= 15 is 0 Å². The predicted molar refractivity (Wildman–Crippen MR) is 72.7 cm³/mol. The molecule has 0 aliphatic carbocycles. The highest BCUT2D eigenvalue weighted by Crippen LogP contribution is 2.21. The number of nitrogens with zero attached hydrogens (tertiary/aromatic N) is 2. The van der Waals surface area contributed by atoms with Crippen molar-refractivity contribution in [2.24, 2.45) is 0 Å². The molecule has 94 valence electrons. The Bertz CT molecular complexity index is 680. The summed E-state index contributed by atoms with van der Waals surface area (Å²) in [6.45, 7) is 0. The molecule has 0 aliphatic rings. The molecule has 0 saturated heterocycles. The maximum atomic E-state index is 12.0. The summed E-state index contributed by atoms with van der Waals surface area (Å²) < 4.78 is 0.746. The molecular weight excluding hydrogens is 310 g/mol. The Labute approximate surface area is 117 Å². The Morgan fingerprint density at radius 2 is 2.16 bits per heavy atom. The van der Waals surface area contributed by atoms with Crippen LogP contribution < -0.4 is 5.32 Å². The maximum Gasteiger partial charge on any atom is 0.257 e. The summed E-state index contributed by atoms with van der Waals surface area (Å²) in [6, 6.07) is 8.23. The smallest absolute Gasteiger partial charge is 0.257 e. The van der Waals surface area contributed by atoms with Crippen LogP contribution in [-0.2, 0) is 0 Å². The van der Waals surface area contributed by atoms with E-state index in [2.05, 4.69) is 26.2 Å². The van der Waals surface area contributed by atoms with Gasteiger partial charge in [0, 0.05) is 10.7 Å². The molecule has 2 rings (SSSR count). The minimum atomic E-state index is -0.446. The quantitative estimate of drug-likeness (QED) is 0.891. The van der Waals surface area contributed by atoms with Gasteiger partial charge in [-0.05, 0) is 24.3 Å². The van der Waals surface area contributed by atoms with E-state index in [4.69, 9.17) is 5.26 Å². The first-order valence-electron chi connectivity index (χ1n) is 5.25. The molecule has 1 aromatic heterocycles. The number of pyridine rings is 1. The minimum Gasteiger partial charge on any atom is -0.506 e. The van der Waals surface area contributed by atoms with Crippen molar-refractivity contribution < 1.29 is 9.90 Å². The Morgan fingerprint density at radius 3 is 2.84 bits per heavy atom. The monoisotopic (exact) mass is 317 g/mol. The van der Waals surface area contributed by atoms with Crippen LogP contribution in [0.15, 0.2) is 41.1 Å². The number of amides is 1. The van der Waals surface area contributed by atoms with E-state index in [0.29, 0.717) is 11.3 Å². The van der Waals surface area contributed by atoms with Crippen molar-refractivity contribution in [1.82, 2.24) is 4.98 Å². The van der Waals surface area contributed by atoms with Crippen molar-refractivity contribution in [2.75, 3.05) is 5.32 Å². The molecule has 2 aromatic rings. The summed E-state index contributed by atoms with van der Waals surface area (Å²) in [5.41, 5.74) is 0.957. The van der Waals surface area contributed by atoms with Crippen LogP contribution >= 0.6 is 15.9 Å². The fourth-order valence-corrected chi connectivity index (χ4v) is 1.82. The molecule has 0 fully saturated rings. The molecule has 1 aromatic carbocycles. The molecule has 6 heteroatoms. The minimum absolute atomic E-state index is 0.0950. The summed E-state index contributed by atoms with van der Waals surface area (Å²) in [5.74, 6) is -0.541. The first kappa shape index (κ1) is 13.1. The van der Waals surface area contributed by atoms with E-state index < -0.39 is 5.91 Å². The number of anilines is 1. The SMILES string of the molecule is N#Cc1ccc(Br)cc1NC(=O)c1cncc(O)c1. The van der Waals surface area contributed by atoms with Crippen LogP contribution in [0.3, 0.4) is 0 Å². The predicted octanol–water partition coefficient (Wildman–Crippen LogP) is 2.67. The fraction of sp³-hybridized carbons (Fsp3) is 0. The van der Waals surface area contributed by atoms with E-state index in [1.807, 2.05) is 6.07 Å². The molecule has 5 nitrogen and oxygen atoms in total. The zero-order chi connectivity index (χ0) is 13.8. The number of nitriles is 1. The molecule has 0 unspecified atom stereocenters. The van der Waals surface area contributed by atoms with Crippen molar-refractivity contribution >= 4 is 27.5 Å². The highest BCUT2D eigenvalue weighted by molar-refractivity contribution is 9.10. The lowest BCUT2D eigenvalue weighted by molar-refractivity contribution is 0.102. The number of carbonyl (C=O) groups excluding carboxylic acids is 1. The average molecular weight is 318 g/mol. The second kappa shape index (κ2) is 5.50. The Morgan fingerprint density at radius 1 is 1.37 bits per heavy atom. The van der Waals surface area contributed by atoms with Crippen LogP contribution in [0.1, 0.15) is 15.9 Å². The van der Waals surface area contributed by atoms with Crippen LogP contribution in [0.25, 0.3) is 0 Å². The average Bonchev–Trinajstić information content (AvgIpc) is 2.39. The molecular formula is C13H8BrN3O2. The van der Waals surface area contributed by atoms with Crippen LogP contribution in [0.4, 0.5) is 5.69 Å². The lowest BCUT2D eigenvalue weighted by Gasteiger charge is -2.07. The Hall–Kier alpha value is -2.39. The Kier molecular flexibility index (Phi) is 3.78. The fourth-order valence-electron chi connectivity index (χ4n) is 1.46. The Balaban J connectivity index is 2.29.